The van der Waals surface area contributed by atoms with Crippen molar-refractivity contribution in [3.8, 4) is 0 Å². The topological polar surface area (TPSA) is 85.4 Å². The SMILES string of the molecule is COC(=O)CCC1C2CC(CN1C(=O)OC(C)(C)C)N2C(=O)OCc1ccccc1. The number of carbonyl (C=O) groups is 3. The number of hydrogen-bond donors (Lipinski definition) is 0. The minimum absolute atomic E-state index is 0.111. The number of rotatable bonds is 5. The Kier molecular flexibility index (Phi) is 6.53. The largest absolute Gasteiger partial charge is 0.469 e. The Labute approximate surface area is 177 Å². The molecule has 0 N–H and O–H groups in total. The maximum absolute atomic E-state index is 12.7. The number of nitrogens with zero attached hydrogens (tertiary/aromatic N) is 2. The van der Waals surface area contributed by atoms with Crippen LogP contribution >= 0.6 is 0 Å². The highest BCUT2D eigenvalue weighted by Gasteiger charge is 2.55. The van der Waals surface area contributed by atoms with E-state index in [4.69, 9.17) is 14.2 Å². The van der Waals surface area contributed by atoms with Gasteiger partial charge in [0.25, 0.3) is 0 Å². The van der Waals surface area contributed by atoms with E-state index in [2.05, 4.69) is 0 Å². The molecule has 2 heterocycles. The van der Waals surface area contributed by atoms with Crippen LogP contribution in [-0.4, -0.2) is 65.3 Å². The number of benzene rings is 1. The van der Waals surface area contributed by atoms with Crippen LogP contribution in [0.25, 0.3) is 0 Å². The molecule has 30 heavy (non-hydrogen) atoms. The smallest absolute Gasteiger partial charge is 0.410 e. The summed E-state index contributed by atoms with van der Waals surface area (Å²) < 4.78 is 15.8. The molecule has 0 aliphatic carbocycles. The maximum atomic E-state index is 12.7. The molecule has 8 nitrogen and oxygen atoms in total. The second kappa shape index (κ2) is 8.93. The molecule has 2 amide bonds. The second-order valence-electron chi connectivity index (χ2n) is 8.72. The van der Waals surface area contributed by atoms with Crippen LogP contribution in [0.4, 0.5) is 9.59 Å². The summed E-state index contributed by atoms with van der Waals surface area (Å²) in [5.74, 6) is -0.348. The number of methoxy groups -OCH3 is 1. The van der Waals surface area contributed by atoms with Gasteiger partial charge in [-0.3, -0.25) is 9.69 Å². The van der Waals surface area contributed by atoms with Gasteiger partial charge in [0, 0.05) is 13.0 Å². The van der Waals surface area contributed by atoms with E-state index in [0.29, 0.717) is 13.0 Å². The summed E-state index contributed by atoms with van der Waals surface area (Å²) in [5, 5.41) is 0. The van der Waals surface area contributed by atoms with Crippen molar-refractivity contribution in [3.63, 3.8) is 0 Å². The lowest BCUT2D eigenvalue weighted by Crippen LogP contribution is -2.75. The van der Waals surface area contributed by atoms with Crippen LogP contribution < -0.4 is 0 Å². The van der Waals surface area contributed by atoms with E-state index in [9.17, 15) is 14.4 Å². The van der Waals surface area contributed by atoms with Crippen LogP contribution in [0.15, 0.2) is 30.3 Å². The maximum Gasteiger partial charge on any atom is 0.410 e. The molecule has 8 heteroatoms. The fraction of sp³-hybridized carbons (Fsp3) is 0.591. The molecule has 2 aliphatic heterocycles. The molecular formula is C22H30N2O6. The van der Waals surface area contributed by atoms with Gasteiger partial charge in [0.05, 0.1) is 25.2 Å². The Morgan fingerprint density at radius 3 is 2.43 bits per heavy atom. The van der Waals surface area contributed by atoms with Crippen LogP contribution in [0.2, 0.25) is 0 Å². The van der Waals surface area contributed by atoms with E-state index in [0.717, 1.165) is 12.0 Å². The first-order valence-corrected chi connectivity index (χ1v) is 10.2. The van der Waals surface area contributed by atoms with Gasteiger partial charge in [0.2, 0.25) is 0 Å². The van der Waals surface area contributed by atoms with Gasteiger partial charge in [0.1, 0.15) is 12.2 Å². The number of fused-ring (bicyclic) bond motifs is 2. The molecule has 2 saturated heterocycles. The average molecular weight is 418 g/mol. The monoisotopic (exact) mass is 418 g/mol. The molecule has 0 saturated carbocycles. The van der Waals surface area contributed by atoms with Crippen molar-refractivity contribution in [2.75, 3.05) is 13.7 Å². The van der Waals surface area contributed by atoms with E-state index < -0.39 is 17.8 Å². The van der Waals surface area contributed by atoms with Gasteiger partial charge >= 0.3 is 18.2 Å². The van der Waals surface area contributed by atoms with E-state index in [1.54, 1.807) is 9.80 Å². The molecule has 2 bridgehead atoms. The number of carbonyl (C=O) groups excluding carboxylic acids is 3. The number of esters is 1. The molecule has 1 aromatic rings. The summed E-state index contributed by atoms with van der Waals surface area (Å²) in [6, 6.07) is 8.84. The first kappa shape index (κ1) is 21.9. The predicted octanol–water partition coefficient (Wildman–Crippen LogP) is 3.34. The van der Waals surface area contributed by atoms with Crippen LogP contribution in [0.1, 0.15) is 45.6 Å². The fourth-order valence-electron chi connectivity index (χ4n) is 4.04. The van der Waals surface area contributed by atoms with E-state index in [-0.39, 0.29) is 37.1 Å². The second-order valence-corrected chi connectivity index (χ2v) is 8.72. The van der Waals surface area contributed by atoms with Crippen molar-refractivity contribution in [2.24, 2.45) is 0 Å². The first-order chi connectivity index (χ1) is 14.2. The number of piperidine rings is 1. The third-order valence-electron chi connectivity index (χ3n) is 5.43. The van der Waals surface area contributed by atoms with E-state index in [1.807, 2.05) is 51.1 Å². The van der Waals surface area contributed by atoms with Crippen LogP contribution in [0.3, 0.4) is 0 Å². The van der Waals surface area contributed by atoms with Crippen LogP contribution in [0.5, 0.6) is 0 Å². The van der Waals surface area contributed by atoms with Crippen molar-refractivity contribution in [1.29, 1.82) is 0 Å². The van der Waals surface area contributed by atoms with Crippen molar-refractivity contribution >= 4 is 18.2 Å². The van der Waals surface area contributed by atoms with Crippen molar-refractivity contribution in [2.45, 2.75) is 70.4 Å². The zero-order valence-electron chi connectivity index (χ0n) is 18.0. The molecule has 3 atom stereocenters. The summed E-state index contributed by atoms with van der Waals surface area (Å²) in [5.41, 5.74) is 0.286. The molecule has 2 aliphatic rings. The first-order valence-electron chi connectivity index (χ1n) is 10.2. The third kappa shape index (κ3) is 5.04. The minimum atomic E-state index is -0.625. The van der Waals surface area contributed by atoms with Crippen molar-refractivity contribution < 1.29 is 28.6 Å². The highest BCUT2D eigenvalue weighted by molar-refractivity contribution is 5.74. The van der Waals surface area contributed by atoms with Gasteiger partial charge in [-0.2, -0.15) is 0 Å². The van der Waals surface area contributed by atoms with Crippen molar-refractivity contribution in [1.82, 2.24) is 9.80 Å². The zero-order valence-corrected chi connectivity index (χ0v) is 18.0. The van der Waals surface area contributed by atoms with Gasteiger partial charge in [-0.05, 0) is 39.2 Å². The van der Waals surface area contributed by atoms with Gasteiger partial charge < -0.3 is 19.1 Å². The lowest BCUT2D eigenvalue weighted by atomic mass is 9.80. The molecule has 0 aromatic heterocycles. The number of ether oxygens (including phenoxy) is 3. The quantitative estimate of drug-likeness (QED) is 0.539. The average Bonchev–Trinajstić information content (AvgIpc) is 2.69. The number of piperazine rings is 1. The number of hydrogen-bond acceptors (Lipinski definition) is 6. The van der Waals surface area contributed by atoms with Crippen molar-refractivity contribution in [3.05, 3.63) is 35.9 Å². The normalized spacial score (nSPS) is 22.7. The summed E-state index contributed by atoms with van der Waals surface area (Å²) >= 11 is 0. The Bertz CT molecular complexity index is 776. The molecule has 2 fully saturated rings. The lowest BCUT2D eigenvalue weighted by Gasteiger charge is -2.59. The molecule has 3 unspecified atom stereocenters. The highest BCUT2D eigenvalue weighted by Crippen LogP contribution is 2.39. The molecule has 0 spiro atoms. The number of amides is 2. The van der Waals surface area contributed by atoms with Gasteiger partial charge in [0.15, 0.2) is 0 Å². The van der Waals surface area contributed by atoms with Gasteiger partial charge in [-0.25, -0.2) is 9.59 Å². The third-order valence-corrected chi connectivity index (χ3v) is 5.43. The predicted molar refractivity (Wildman–Crippen MR) is 109 cm³/mol. The Morgan fingerprint density at radius 1 is 1.10 bits per heavy atom. The van der Waals surface area contributed by atoms with E-state index in [1.165, 1.54) is 7.11 Å². The summed E-state index contributed by atoms with van der Waals surface area (Å²) in [7, 11) is 1.33. The molecule has 0 radical (unpaired) electrons. The fourth-order valence-corrected chi connectivity index (χ4v) is 4.04. The Hall–Kier alpha value is -2.77. The molecular weight excluding hydrogens is 388 g/mol. The minimum Gasteiger partial charge on any atom is -0.469 e. The molecule has 1 aromatic carbocycles. The van der Waals surface area contributed by atoms with Crippen LogP contribution in [-0.2, 0) is 25.6 Å². The summed E-state index contributed by atoms with van der Waals surface area (Å²) in [6.45, 7) is 5.99. The zero-order chi connectivity index (χ0) is 21.9. The van der Waals surface area contributed by atoms with E-state index >= 15 is 0 Å². The van der Waals surface area contributed by atoms with Crippen LogP contribution in [0, 0.1) is 0 Å². The Morgan fingerprint density at radius 2 is 1.80 bits per heavy atom. The highest BCUT2D eigenvalue weighted by atomic mass is 16.6. The number of likely N-dealkylation sites (tertiary alicyclic amines) is 2. The molecule has 164 valence electrons. The van der Waals surface area contributed by atoms with Gasteiger partial charge in [-0.1, -0.05) is 30.3 Å². The Balaban J connectivity index is 1.68. The summed E-state index contributed by atoms with van der Waals surface area (Å²) in [6.07, 6.45) is 0.502. The van der Waals surface area contributed by atoms with Gasteiger partial charge in [-0.15, -0.1) is 0 Å². The standard InChI is InChI=1S/C22H30N2O6/c1-22(2,3)30-20(26)23-13-16-12-18(17(23)10-11-19(25)28-4)24(16)21(27)29-14-15-8-6-5-7-9-15/h5-9,16-18H,10-14H2,1-4H3. The summed E-state index contributed by atoms with van der Waals surface area (Å²) in [4.78, 5) is 40.5. The lowest BCUT2D eigenvalue weighted by molar-refractivity contribution is -0.142. The molecule has 3 rings (SSSR count).